The van der Waals surface area contributed by atoms with E-state index in [1.807, 2.05) is 0 Å². The third-order valence-electron chi connectivity index (χ3n) is 2.97. The van der Waals surface area contributed by atoms with E-state index < -0.39 is 11.4 Å². The van der Waals surface area contributed by atoms with Crippen molar-refractivity contribution in [3.05, 3.63) is 0 Å². The number of hydrogen-bond acceptors (Lipinski definition) is 5. The van der Waals surface area contributed by atoms with Crippen LogP contribution < -0.4 is 5.32 Å². The van der Waals surface area contributed by atoms with Gasteiger partial charge in [-0.3, -0.25) is 9.59 Å². The van der Waals surface area contributed by atoms with Gasteiger partial charge < -0.3 is 14.8 Å². The molecule has 0 amide bonds. The van der Waals surface area contributed by atoms with Gasteiger partial charge in [0, 0.05) is 25.9 Å². The first-order chi connectivity index (χ1) is 7.53. The quantitative estimate of drug-likeness (QED) is 0.544. The molecule has 0 aromatic rings. The van der Waals surface area contributed by atoms with E-state index in [9.17, 15) is 14.4 Å². The maximum Gasteiger partial charge on any atom is 0.320 e. The molecule has 16 heavy (non-hydrogen) atoms. The van der Waals surface area contributed by atoms with Crippen molar-refractivity contribution in [2.24, 2.45) is 5.41 Å². The van der Waals surface area contributed by atoms with E-state index in [2.05, 4.69) is 10.1 Å². The number of ether oxygens (including phenoxy) is 1. The minimum Gasteiger partial charge on any atom is -0.468 e. The lowest BCUT2D eigenvalue weighted by molar-refractivity contribution is -0.159. The molecule has 5 nitrogen and oxygen atoms in total. The first-order valence-corrected chi connectivity index (χ1v) is 5.35. The van der Waals surface area contributed by atoms with Crippen molar-refractivity contribution >= 4 is 17.5 Å². The summed E-state index contributed by atoms with van der Waals surface area (Å²) < 4.78 is 4.68. The first kappa shape index (κ1) is 12.8. The number of Topliss-reactive ketones (excluding diaryl/α,β-unsaturated/α-hetero) is 2. The number of nitrogens with one attached hydrogen (secondary N) is 1. The van der Waals surface area contributed by atoms with Gasteiger partial charge in [-0.2, -0.15) is 0 Å². The highest BCUT2D eigenvalue weighted by Crippen LogP contribution is 2.30. The largest absolute Gasteiger partial charge is 0.468 e. The third-order valence-corrected chi connectivity index (χ3v) is 2.97. The van der Waals surface area contributed by atoms with E-state index >= 15 is 0 Å². The molecule has 1 rings (SSSR count). The van der Waals surface area contributed by atoms with Crippen molar-refractivity contribution in [2.45, 2.75) is 26.2 Å². The molecule has 90 valence electrons. The summed E-state index contributed by atoms with van der Waals surface area (Å²) in [4.78, 5) is 34.6. The van der Waals surface area contributed by atoms with Gasteiger partial charge in [-0.15, -0.1) is 0 Å². The lowest BCUT2D eigenvalue weighted by atomic mass is 9.75. The molecular weight excluding hydrogens is 210 g/mol. The molecule has 1 unspecified atom stereocenters. The Labute approximate surface area is 94.5 Å². The highest BCUT2D eigenvalue weighted by Gasteiger charge is 2.47. The Balaban J connectivity index is 2.86. The molecule has 5 heteroatoms. The zero-order valence-electron chi connectivity index (χ0n) is 9.67. The monoisotopic (exact) mass is 227 g/mol. The molecule has 0 aliphatic carbocycles. The number of carbonyl (C=O) groups excluding carboxylic acids is 3. The SMILES string of the molecule is COC(=O)C1(CCC(C)=O)CNCCC1=O. The smallest absolute Gasteiger partial charge is 0.320 e. The Morgan fingerprint density at radius 3 is 2.69 bits per heavy atom. The molecule has 1 saturated heterocycles. The number of methoxy groups -OCH3 is 1. The zero-order chi connectivity index (χ0) is 12.2. The van der Waals surface area contributed by atoms with Gasteiger partial charge in [0.25, 0.3) is 0 Å². The highest BCUT2D eigenvalue weighted by molar-refractivity contribution is 6.05. The van der Waals surface area contributed by atoms with Crippen LogP contribution in [0.1, 0.15) is 26.2 Å². The van der Waals surface area contributed by atoms with Crippen molar-refractivity contribution in [3.8, 4) is 0 Å². The number of ketones is 2. The molecule has 1 atom stereocenters. The molecule has 1 aliphatic heterocycles. The second-order valence-electron chi connectivity index (χ2n) is 4.13. The van der Waals surface area contributed by atoms with Gasteiger partial charge in [0.2, 0.25) is 0 Å². The van der Waals surface area contributed by atoms with Crippen LogP contribution in [-0.4, -0.2) is 37.7 Å². The standard InChI is InChI=1S/C11H17NO4/c1-8(13)3-5-11(10(15)16-2)7-12-6-4-9(11)14/h12H,3-7H2,1-2H3. The molecule has 0 aromatic carbocycles. The fourth-order valence-corrected chi connectivity index (χ4v) is 1.94. The second kappa shape index (κ2) is 5.21. The molecule has 0 radical (unpaired) electrons. The summed E-state index contributed by atoms with van der Waals surface area (Å²) in [5.41, 5.74) is -1.15. The van der Waals surface area contributed by atoms with Crippen LogP contribution in [-0.2, 0) is 19.1 Å². The summed E-state index contributed by atoms with van der Waals surface area (Å²) in [6.45, 7) is 2.30. The summed E-state index contributed by atoms with van der Waals surface area (Å²) in [5, 5.41) is 3.01. The fraction of sp³-hybridized carbons (Fsp3) is 0.727. The maximum atomic E-state index is 11.9. The van der Waals surface area contributed by atoms with Crippen LogP contribution in [0.2, 0.25) is 0 Å². The Morgan fingerprint density at radius 1 is 1.50 bits per heavy atom. The summed E-state index contributed by atoms with van der Waals surface area (Å²) >= 11 is 0. The topological polar surface area (TPSA) is 72.5 Å². The zero-order valence-corrected chi connectivity index (χ0v) is 9.67. The Kier molecular flexibility index (Phi) is 4.18. The molecule has 1 aliphatic rings. The fourth-order valence-electron chi connectivity index (χ4n) is 1.94. The summed E-state index contributed by atoms with van der Waals surface area (Å²) in [6, 6.07) is 0. The van der Waals surface area contributed by atoms with Crippen LogP contribution >= 0.6 is 0 Å². The van der Waals surface area contributed by atoms with Crippen LogP contribution in [0, 0.1) is 5.41 Å². The van der Waals surface area contributed by atoms with Gasteiger partial charge in [0.05, 0.1) is 7.11 Å². The van der Waals surface area contributed by atoms with Crippen molar-refractivity contribution < 1.29 is 19.1 Å². The van der Waals surface area contributed by atoms with Crippen molar-refractivity contribution in [1.82, 2.24) is 5.32 Å². The van der Waals surface area contributed by atoms with Crippen LogP contribution in [0.5, 0.6) is 0 Å². The molecule has 0 spiro atoms. The Hall–Kier alpha value is -1.23. The van der Waals surface area contributed by atoms with Crippen LogP contribution in [0.25, 0.3) is 0 Å². The number of carbonyl (C=O) groups is 3. The maximum absolute atomic E-state index is 11.9. The summed E-state index contributed by atoms with van der Waals surface area (Å²) in [7, 11) is 1.26. The third kappa shape index (κ3) is 2.47. The van der Waals surface area contributed by atoms with Crippen LogP contribution in [0.15, 0.2) is 0 Å². The van der Waals surface area contributed by atoms with Crippen LogP contribution in [0.3, 0.4) is 0 Å². The summed E-state index contributed by atoms with van der Waals surface area (Å²) in [6.07, 6.45) is 0.774. The molecule has 0 saturated carbocycles. The van der Waals surface area contributed by atoms with E-state index in [1.165, 1.54) is 14.0 Å². The van der Waals surface area contributed by atoms with Crippen molar-refractivity contribution in [3.63, 3.8) is 0 Å². The van der Waals surface area contributed by atoms with Crippen molar-refractivity contribution in [2.75, 3.05) is 20.2 Å². The van der Waals surface area contributed by atoms with Gasteiger partial charge in [-0.25, -0.2) is 0 Å². The highest BCUT2D eigenvalue weighted by atomic mass is 16.5. The van der Waals surface area contributed by atoms with E-state index in [0.717, 1.165) is 0 Å². The average Bonchev–Trinajstić information content (AvgIpc) is 2.27. The molecule has 0 bridgehead atoms. The van der Waals surface area contributed by atoms with Gasteiger partial charge >= 0.3 is 5.97 Å². The Morgan fingerprint density at radius 2 is 2.19 bits per heavy atom. The number of hydrogen-bond donors (Lipinski definition) is 1. The average molecular weight is 227 g/mol. The van der Waals surface area contributed by atoms with Crippen LogP contribution in [0.4, 0.5) is 0 Å². The summed E-state index contributed by atoms with van der Waals surface area (Å²) in [5.74, 6) is -0.688. The minimum atomic E-state index is -1.15. The van der Waals surface area contributed by atoms with E-state index in [1.54, 1.807) is 0 Å². The Bertz CT molecular complexity index is 303. The minimum absolute atomic E-state index is 0.0262. The van der Waals surface area contributed by atoms with E-state index in [-0.39, 0.29) is 31.0 Å². The van der Waals surface area contributed by atoms with Gasteiger partial charge in [0.1, 0.15) is 11.2 Å². The number of rotatable bonds is 4. The van der Waals surface area contributed by atoms with E-state index in [0.29, 0.717) is 13.0 Å². The van der Waals surface area contributed by atoms with E-state index in [4.69, 9.17) is 0 Å². The molecule has 1 heterocycles. The van der Waals surface area contributed by atoms with Gasteiger partial charge in [0.15, 0.2) is 5.78 Å². The lowest BCUT2D eigenvalue weighted by Crippen LogP contribution is -2.52. The lowest BCUT2D eigenvalue weighted by Gasteiger charge is -2.33. The molecule has 0 aromatic heterocycles. The first-order valence-electron chi connectivity index (χ1n) is 5.35. The molecule has 1 N–H and O–H groups in total. The number of esters is 1. The second-order valence-corrected chi connectivity index (χ2v) is 4.13. The van der Waals surface area contributed by atoms with Gasteiger partial charge in [-0.1, -0.05) is 0 Å². The van der Waals surface area contributed by atoms with Crippen molar-refractivity contribution in [1.29, 1.82) is 0 Å². The molecule has 1 fully saturated rings. The molecular formula is C11H17NO4. The predicted molar refractivity (Wildman–Crippen MR) is 56.9 cm³/mol. The number of piperidine rings is 1. The van der Waals surface area contributed by atoms with Gasteiger partial charge in [-0.05, 0) is 13.3 Å². The normalized spacial score (nSPS) is 25.2. The predicted octanol–water partition coefficient (Wildman–Crippen LogP) is 0.0774.